The molecule has 2 N–H and O–H groups in total. The minimum absolute atomic E-state index is 0. The van der Waals surface area contributed by atoms with Gasteiger partial charge >= 0.3 is 0 Å². The Hall–Kier alpha value is -1.10. The van der Waals surface area contributed by atoms with E-state index in [0.29, 0.717) is 17.9 Å². The predicted molar refractivity (Wildman–Crippen MR) is 89.2 cm³/mol. The molecule has 0 radical (unpaired) electrons. The van der Waals surface area contributed by atoms with Gasteiger partial charge in [-0.2, -0.15) is 0 Å². The number of hydrogen-bond donors (Lipinski definition) is 1. The van der Waals surface area contributed by atoms with E-state index in [1.807, 2.05) is 23.1 Å². The van der Waals surface area contributed by atoms with E-state index in [9.17, 15) is 4.79 Å². The molecule has 1 amide bonds. The topological polar surface area (TPSA) is 46.3 Å². The van der Waals surface area contributed by atoms with Gasteiger partial charge in [-0.05, 0) is 42.2 Å². The smallest absolute Gasteiger partial charge is 0.263 e. The third kappa shape index (κ3) is 2.45. The Morgan fingerprint density at radius 2 is 2.05 bits per heavy atom. The summed E-state index contributed by atoms with van der Waals surface area (Å²) in [5.74, 6) is 1.34. The Morgan fingerprint density at radius 3 is 2.81 bits per heavy atom. The molecular weight excluding hydrogens is 304 g/mol. The van der Waals surface area contributed by atoms with Crippen LogP contribution < -0.4 is 5.73 Å². The van der Waals surface area contributed by atoms with E-state index in [-0.39, 0.29) is 18.3 Å². The molecule has 2 fully saturated rings. The highest BCUT2D eigenvalue weighted by Crippen LogP contribution is 2.38. The van der Waals surface area contributed by atoms with E-state index in [0.717, 1.165) is 29.8 Å². The number of hydrogen-bond acceptors (Lipinski definition) is 3. The number of nitrogens with zero attached hydrogens (tertiary/aromatic N) is 1. The summed E-state index contributed by atoms with van der Waals surface area (Å²) in [6, 6.07) is 10.5. The van der Waals surface area contributed by atoms with Gasteiger partial charge in [-0.15, -0.1) is 23.7 Å². The average molecular weight is 323 g/mol. The number of likely N-dealkylation sites (tertiary alicyclic amines) is 1. The fourth-order valence-corrected chi connectivity index (χ4v) is 4.75. The number of nitrogens with two attached hydrogens (primary N) is 1. The zero-order valence-electron chi connectivity index (χ0n) is 11.7. The van der Waals surface area contributed by atoms with Gasteiger partial charge in [0.15, 0.2) is 0 Å². The lowest BCUT2D eigenvalue weighted by atomic mass is 9.98. The lowest BCUT2D eigenvalue weighted by Gasteiger charge is -2.17. The standard InChI is InChI=1S/C16H18N2OS.ClH/c17-13-6-5-11-8-18(9-12(11)13)16(19)15-7-10-3-1-2-4-14(10)20-15;/h1-4,7,11-13H,5-6,8-9,17H2;1H. The Bertz CT molecular complexity index is 638. The van der Waals surface area contributed by atoms with Crippen LogP contribution in [0.4, 0.5) is 0 Å². The van der Waals surface area contributed by atoms with Crippen LogP contribution in [0.3, 0.4) is 0 Å². The van der Waals surface area contributed by atoms with Gasteiger partial charge in [0, 0.05) is 23.8 Å². The van der Waals surface area contributed by atoms with Crippen molar-refractivity contribution in [2.24, 2.45) is 17.6 Å². The first-order chi connectivity index (χ1) is 9.72. The highest BCUT2D eigenvalue weighted by atomic mass is 35.5. The van der Waals surface area contributed by atoms with Crippen LogP contribution in [-0.2, 0) is 0 Å². The molecule has 0 bridgehead atoms. The molecule has 1 aromatic carbocycles. The van der Waals surface area contributed by atoms with Gasteiger partial charge in [0.05, 0.1) is 4.88 Å². The van der Waals surface area contributed by atoms with E-state index in [1.165, 1.54) is 11.1 Å². The minimum Gasteiger partial charge on any atom is -0.337 e. The molecule has 1 saturated carbocycles. The molecule has 5 heteroatoms. The molecule has 3 atom stereocenters. The van der Waals surface area contributed by atoms with Crippen molar-refractivity contribution in [1.82, 2.24) is 4.90 Å². The lowest BCUT2D eigenvalue weighted by molar-refractivity contribution is 0.0784. The van der Waals surface area contributed by atoms with E-state index >= 15 is 0 Å². The number of carbonyl (C=O) groups excluding carboxylic acids is 1. The molecule has 0 spiro atoms. The summed E-state index contributed by atoms with van der Waals surface area (Å²) in [4.78, 5) is 15.5. The summed E-state index contributed by atoms with van der Waals surface area (Å²) >= 11 is 1.60. The summed E-state index contributed by atoms with van der Waals surface area (Å²) in [6.45, 7) is 1.74. The summed E-state index contributed by atoms with van der Waals surface area (Å²) in [5.41, 5.74) is 6.15. The van der Waals surface area contributed by atoms with Crippen LogP contribution >= 0.6 is 23.7 Å². The van der Waals surface area contributed by atoms with Gasteiger partial charge in [0.25, 0.3) is 5.91 Å². The quantitative estimate of drug-likeness (QED) is 0.876. The number of rotatable bonds is 1. The van der Waals surface area contributed by atoms with Crippen molar-refractivity contribution in [2.45, 2.75) is 18.9 Å². The van der Waals surface area contributed by atoms with Crippen LogP contribution in [0, 0.1) is 11.8 Å². The largest absolute Gasteiger partial charge is 0.337 e. The number of thiophene rings is 1. The van der Waals surface area contributed by atoms with Gasteiger partial charge in [0.2, 0.25) is 0 Å². The maximum absolute atomic E-state index is 12.6. The third-order valence-corrected chi connectivity index (χ3v) is 5.94. The Labute approximate surface area is 134 Å². The Morgan fingerprint density at radius 1 is 1.24 bits per heavy atom. The van der Waals surface area contributed by atoms with Gasteiger partial charge in [0.1, 0.15) is 0 Å². The van der Waals surface area contributed by atoms with Crippen molar-refractivity contribution in [3.63, 3.8) is 0 Å². The van der Waals surface area contributed by atoms with Crippen molar-refractivity contribution in [3.05, 3.63) is 35.2 Å². The lowest BCUT2D eigenvalue weighted by Crippen LogP contribution is -2.33. The predicted octanol–water partition coefficient (Wildman–Crippen LogP) is 3.13. The second-order valence-corrected chi connectivity index (χ2v) is 7.11. The summed E-state index contributed by atoms with van der Waals surface area (Å²) in [5, 5.41) is 1.16. The average Bonchev–Trinajstić information content (AvgIpc) is 3.13. The Balaban J connectivity index is 0.00000132. The van der Waals surface area contributed by atoms with Crippen molar-refractivity contribution < 1.29 is 4.79 Å². The Kier molecular flexibility index (Phi) is 3.95. The molecule has 1 aliphatic carbocycles. The van der Waals surface area contributed by atoms with E-state index < -0.39 is 0 Å². The van der Waals surface area contributed by atoms with Gasteiger partial charge in [-0.3, -0.25) is 4.79 Å². The molecule has 112 valence electrons. The zero-order chi connectivity index (χ0) is 13.7. The first-order valence-corrected chi connectivity index (χ1v) is 8.07. The van der Waals surface area contributed by atoms with E-state index in [4.69, 9.17) is 5.73 Å². The van der Waals surface area contributed by atoms with Crippen LogP contribution in [0.25, 0.3) is 10.1 Å². The maximum Gasteiger partial charge on any atom is 0.263 e. The molecule has 4 rings (SSSR count). The monoisotopic (exact) mass is 322 g/mol. The molecule has 3 nitrogen and oxygen atoms in total. The van der Waals surface area contributed by atoms with Crippen molar-refractivity contribution >= 4 is 39.7 Å². The van der Waals surface area contributed by atoms with Crippen LogP contribution in [0.1, 0.15) is 22.5 Å². The number of benzene rings is 1. The number of carbonyl (C=O) groups is 1. The molecule has 3 unspecified atom stereocenters. The van der Waals surface area contributed by atoms with Crippen molar-refractivity contribution in [3.8, 4) is 0 Å². The number of amides is 1. The molecule has 21 heavy (non-hydrogen) atoms. The first-order valence-electron chi connectivity index (χ1n) is 7.26. The fourth-order valence-electron chi connectivity index (χ4n) is 3.72. The van der Waals surface area contributed by atoms with Crippen LogP contribution in [0.15, 0.2) is 30.3 Å². The molecule has 1 saturated heterocycles. The van der Waals surface area contributed by atoms with Gasteiger partial charge < -0.3 is 10.6 Å². The maximum atomic E-state index is 12.6. The molecule has 2 aromatic rings. The normalized spacial score (nSPS) is 27.7. The van der Waals surface area contributed by atoms with Crippen LogP contribution in [0.2, 0.25) is 0 Å². The van der Waals surface area contributed by atoms with Crippen LogP contribution in [0.5, 0.6) is 0 Å². The van der Waals surface area contributed by atoms with E-state index in [1.54, 1.807) is 11.3 Å². The summed E-state index contributed by atoms with van der Waals surface area (Å²) in [7, 11) is 0. The highest BCUT2D eigenvalue weighted by molar-refractivity contribution is 7.20. The number of halogens is 1. The molecule has 2 heterocycles. The molecule has 1 aliphatic heterocycles. The van der Waals surface area contributed by atoms with Crippen molar-refractivity contribution in [2.75, 3.05) is 13.1 Å². The number of fused-ring (bicyclic) bond motifs is 2. The third-order valence-electron chi connectivity index (χ3n) is 4.84. The minimum atomic E-state index is 0. The molecule has 2 aliphatic rings. The second-order valence-electron chi connectivity index (χ2n) is 6.02. The fraction of sp³-hybridized carbons (Fsp3) is 0.438. The van der Waals surface area contributed by atoms with Gasteiger partial charge in [-0.1, -0.05) is 18.2 Å². The highest BCUT2D eigenvalue weighted by Gasteiger charge is 2.42. The summed E-state index contributed by atoms with van der Waals surface area (Å²) < 4.78 is 1.19. The molecular formula is C16H19ClN2OS. The van der Waals surface area contributed by atoms with E-state index in [2.05, 4.69) is 12.1 Å². The zero-order valence-corrected chi connectivity index (χ0v) is 13.3. The SMILES string of the molecule is Cl.NC1CCC2CN(C(=O)c3cc4ccccc4s3)CC12. The first kappa shape index (κ1) is 14.8. The van der Waals surface area contributed by atoms with Crippen LogP contribution in [-0.4, -0.2) is 29.9 Å². The van der Waals surface area contributed by atoms with Gasteiger partial charge in [-0.25, -0.2) is 0 Å². The summed E-state index contributed by atoms with van der Waals surface area (Å²) in [6.07, 6.45) is 2.31. The second kappa shape index (κ2) is 5.59. The van der Waals surface area contributed by atoms with Crippen molar-refractivity contribution in [1.29, 1.82) is 0 Å². The molecule has 1 aromatic heterocycles.